The van der Waals surface area contributed by atoms with Gasteiger partial charge in [-0.2, -0.15) is 16.8 Å². The van der Waals surface area contributed by atoms with Crippen molar-refractivity contribution in [3.63, 3.8) is 0 Å². The van der Waals surface area contributed by atoms with Crippen LogP contribution in [0.15, 0.2) is 12.3 Å². The van der Waals surface area contributed by atoms with Gasteiger partial charge in [0.1, 0.15) is 5.76 Å². The molecule has 1 unspecified atom stereocenters. The molecule has 102 valence electrons. The quantitative estimate of drug-likeness (QED) is 0.321. The van der Waals surface area contributed by atoms with Crippen molar-refractivity contribution in [1.29, 1.82) is 0 Å². The number of hydrogen-bond acceptors (Lipinski definition) is 3. The molecule has 3 nitrogen and oxygen atoms in total. The highest BCUT2D eigenvalue weighted by Gasteiger charge is 2.38. The normalized spacial score (nSPS) is 15.4. The first kappa shape index (κ1) is 17.3. The van der Waals surface area contributed by atoms with E-state index in [1.54, 1.807) is 0 Å². The van der Waals surface area contributed by atoms with Crippen molar-refractivity contribution in [2.45, 2.75) is 12.5 Å². The van der Waals surface area contributed by atoms with Crippen molar-refractivity contribution >= 4 is 26.3 Å². The van der Waals surface area contributed by atoms with E-state index in [-0.39, 0.29) is 0 Å². The molecule has 0 N–H and O–H groups in total. The van der Waals surface area contributed by atoms with Gasteiger partial charge in [0.2, 0.25) is 0 Å². The zero-order valence-corrected chi connectivity index (χ0v) is 10.9. The Morgan fingerprint density at radius 1 is 1.06 bits per heavy atom. The molecule has 0 aromatic heterocycles. The fourth-order valence-electron chi connectivity index (χ4n) is 0.662. The number of halogens is 6. The van der Waals surface area contributed by atoms with E-state index in [1.807, 2.05) is 0 Å². The van der Waals surface area contributed by atoms with Gasteiger partial charge in [0.25, 0.3) is 0 Å². The second-order valence-electron chi connectivity index (χ2n) is 2.72. The molecule has 0 fully saturated rings. The Kier molecular flexibility index (Phi) is 7.85. The summed E-state index contributed by atoms with van der Waals surface area (Å²) in [6.07, 6.45) is 0. The summed E-state index contributed by atoms with van der Waals surface area (Å²) in [6.45, 7) is 2.74. The topological polar surface area (TPSA) is 27.7 Å². The van der Waals surface area contributed by atoms with Gasteiger partial charge in [-0.3, -0.25) is 4.52 Å². The lowest BCUT2D eigenvalue weighted by Gasteiger charge is -2.28. The molecular formula is C5H7F6O3P3. The van der Waals surface area contributed by atoms with E-state index >= 15 is 0 Å². The van der Waals surface area contributed by atoms with Crippen LogP contribution in [-0.4, -0.2) is 12.2 Å². The summed E-state index contributed by atoms with van der Waals surface area (Å²) in [5.74, 6) is -0.881. The molecule has 0 radical (unpaired) electrons. The summed E-state index contributed by atoms with van der Waals surface area (Å²) in [7, 11) is -11.7. The Hall–Kier alpha value is 0.330. The number of rotatable bonds is 8. The second-order valence-corrected chi connectivity index (χ2v) is 4.55. The third kappa shape index (κ3) is 7.37. The maximum atomic E-state index is 12.1. The van der Waals surface area contributed by atoms with Crippen molar-refractivity contribution in [2.75, 3.05) is 6.61 Å². The first-order valence-corrected chi connectivity index (χ1v) is 6.84. The molecule has 0 rings (SSSR count). The van der Waals surface area contributed by atoms with Crippen molar-refractivity contribution in [3.05, 3.63) is 12.3 Å². The third-order valence-electron chi connectivity index (χ3n) is 1.48. The molecule has 0 heterocycles. The fraction of sp³-hybridized carbons (Fsp3) is 0.600. The molecule has 0 saturated heterocycles. The van der Waals surface area contributed by atoms with Crippen molar-refractivity contribution in [1.82, 2.24) is 0 Å². The van der Waals surface area contributed by atoms with Crippen LogP contribution in [0.25, 0.3) is 0 Å². The van der Waals surface area contributed by atoms with Gasteiger partial charge in [-0.1, -0.05) is 6.58 Å². The summed E-state index contributed by atoms with van der Waals surface area (Å²) in [4.78, 5) is 0. The Morgan fingerprint density at radius 3 is 1.94 bits per heavy atom. The first-order valence-electron chi connectivity index (χ1n) is 3.72. The maximum absolute atomic E-state index is 12.1. The minimum absolute atomic E-state index is 0.849. The summed E-state index contributed by atoms with van der Waals surface area (Å²) in [5, 5.41) is 0. The molecule has 0 aliphatic heterocycles. The lowest BCUT2D eigenvalue weighted by molar-refractivity contribution is 0.0369. The van der Waals surface area contributed by atoms with Gasteiger partial charge in [0.05, 0.1) is 6.61 Å². The average molecular weight is 322 g/mol. The molecule has 0 amide bonds. The minimum Gasteiger partial charge on any atom is -0.423 e. The van der Waals surface area contributed by atoms with Crippen molar-refractivity contribution < 1.29 is 38.8 Å². The molecule has 0 aromatic rings. The van der Waals surface area contributed by atoms with E-state index in [9.17, 15) is 25.2 Å². The van der Waals surface area contributed by atoms with E-state index in [0.29, 0.717) is 0 Å². The van der Waals surface area contributed by atoms with E-state index < -0.39 is 44.3 Å². The molecule has 0 saturated carbocycles. The first-order chi connectivity index (χ1) is 7.67. The Labute approximate surface area is 97.3 Å². The highest BCUT2D eigenvalue weighted by Crippen LogP contribution is 2.51. The predicted molar refractivity (Wildman–Crippen MR) is 53.1 cm³/mol. The van der Waals surface area contributed by atoms with Crippen LogP contribution < -0.4 is 0 Å². The van der Waals surface area contributed by atoms with Crippen molar-refractivity contribution in [2.24, 2.45) is 0 Å². The zero-order valence-electron chi connectivity index (χ0n) is 8.25. The van der Waals surface area contributed by atoms with Crippen LogP contribution in [0.4, 0.5) is 25.2 Å². The van der Waals surface area contributed by atoms with Gasteiger partial charge in [-0.15, -0.1) is 8.39 Å². The molecular weight excluding hydrogens is 315 g/mol. The molecule has 0 spiro atoms. The van der Waals surface area contributed by atoms with Crippen molar-refractivity contribution in [3.8, 4) is 0 Å². The van der Waals surface area contributed by atoms with Gasteiger partial charge in [0, 0.05) is 0 Å². The van der Waals surface area contributed by atoms with Crippen LogP contribution in [-0.2, 0) is 13.6 Å². The van der Waals surface area contributed by atoms with Gasteiger partial charge in [-0.05, 0) is 6.92 Å². The molecule has 0 aliphatic rings. The summed E-state index contributed by atoms with van der Waals surface area (Å²) >= 11 is 0. The van der Waals surface area contributed by atoms with Crippen LogP contribution in [0.3, 0.4) is 0 Å². The predicted octanol–water partition coefficient (Wildman–Crippen LogP) is 5.81. The largest absolute Gasteiger partial charge is 0.481 e. The van der Waals surface area contributed by atoms with Crippen LogP contribution in [0.2, 0.25) is 0 Å². The average Bonchev–Trinajstić information content (AvgIpc) is 2.12. The smallest absolute Gasteiger partial charge is 0.423 e. The van der Waals surface area contributed by atoms with Gasteiger partial charge in [0.15, 0.2) is 5.60 Å². The summed E-state index contributed by atoms with van der Waals surface area (Å²) in [6, 6.07) is 0. The Bertz CT molecular complexity index is 255. The molecule has 12 heteroatoms. The van der Waals surface area contributed by atoms with E-state index in [4.69, 9.17) is 0 Å². The molecule has 17 heavy (non-hydrogen) atoms. The maximum Gasteiger partial charge on any atom is 0.481 e. The van der Waals surface area contributed by atoms with Gasteiger partial charge in [-0.25, -0.2) is 0 Å². The standard InChI is InChI=1S/C5H7F6O3P3/c1-4(13-16(8)9)5(2,14-17(10)11)3-12-15(6)7/h1,3H2,2H3. The number of hydrogen-bond donors (Lipinski definition) is 0. The fourth-order valence-corrected chi connectivity index (χ4v) is 1.82. The van der Waals surface area contributed by atoms with Gasteiger partial charge >= 0.3 is 26.3 Å². The van der Waals surface area contributed by atoms with E-state index in [2.05, 4.69) is 20.2 Å². The van der Waals surface area contributed by atoms with E-state index in [1.165, 1.54) is 0 Å². The van der Waals surface area contributed by atoms with Crippen LogP contribution in [0, 0.1) is 0 Å². The lowest BCUT2D eigenvalue weighted by atomic mass is 10.1. The molecule has 1 atom stereocenters. The Morgan fingerprint density at radius 2 is 1.59 bits per heavy atom. The van der Waals surface area contributed by atoms with Gasteiger partial charge < -0.3 is 9.05 Å². The SMILES string of the molecule is C=C(OP(F)F)C(C)(COP(F)F)OP(F)F. The van der Waals surface area contributed by atoms with Crippen LogP contribution >= 0.6 is 26.3 Å². The van der Waals surface area contributed by atoms with Crippen LogP contribution in [0.1, 0.15) is 6.92 Å². The molecule has 0 bridgehead atoms. The summed E-state index contributed by atoms with van der Waals surface area (Å²) in [5.41, 5.74) is -2.24. The zero-order chi connectivity index (χ0) is 13.6. The lowest BCUT2D eigenvalue weighted by Crippen LogP contribution is -2.34. The van der Waals surface area contributed by atoms with E-state index in [0.717, 1.165) is 6.92 Å². The Balaban J connectivity index is 4.64. The summed E-state index contributed by atoms with van der Waals surface area (Å²) < 4.78 is 83.2. The monoisotopic (exact) mass is 322 g/mol. The molecule has 0 aliphatic carbocycles. The third-order valence-corrected chi connectivity index (χ3v) is 2.70. The minimum atomic E-state index is -3.97. The highest BCUT2D eigenvalue weighted by molar-refractivity contribution is 7.41. The molecule has 0 aromatic carbocycles. The second kappa shape index (κ2) is 7.70. The van der Waals surface area contributed by atoms with Crippen LogP contribution in [0.5, 0.6) is 0 Å². The highest BCUT2D eigenvalue weighted by atomic mass is 31.2.